The molecule has 0 bridgehead atoms. The number of pyridine rings is 1. The molecule has 2 heterocycles. The second-order valence-corrected chi connectivity index (χ2v) is 5.57. The molecule has 0 saturated carbocycles. The summed E-state index contributed by atoms with van der Waals surface area (Å²) in [6.07, 6.45) is -0.374. The van der Waals surface area contributed by atoms with Crippen LogP contribution in [0.1, 0.15) is 18.9 Å². The van der Waals surface area contributed by atoms with Crippen LogP contribution >= 0.6 is 0 Å². The van der Waals surface area contributed by atoms with Crippen molar-refractivity contribution in [3.8, 4) is 5.88 Å². The molecule has 1 aromatic heterocycles. The number of hydrogen-bond acceptors (Lipinski definition) is 4. The van der Waals surface area contributed by atoms with Crippen LogP contribution in [0.15, 0.2) is 18.3 Å². The number of rotatable bonds is 6. The van der Waals surface area contributed by atoms with Gasteiger partial charge in [0.25, 0.3) is 6.43 Å². The highest BCUT2D eigenvalue weighted by molar-refractivity contribution is 5.87. The first-order valence-electron chi connectivity index (χ1n) is 7.63. The summed E-state index contributed by atoms with van der Waals surface area (Å²) >= 11 is 0. The molecule has 1 aliphatic heterocycles. The molecular weight excluding hydrogens is 322 g/mol. The Balaban J connectivity index is 1.83. The van der Waals surface area contributed by atoms with E-state index in [1.807, 2.05) is 6.92 Å². The molecule has 132 valence electrons. The van der Waals surface area contributed by atoms with Gasteiger partial charge < -0.3 is 20.7 Å². The molecule has 0 aromatic carbocycles. The van der Waals surface area contributed by atoms with Crippen molar-refractivity contribution in [2.45, 2.75) is 32.4 Å². The molecule has 2 rings (SSSR count). The minimum Gasteiger partial charge on any atom is -0.472 e. The summed E-state index contributed by atoms with van der Waals surface area (Å²) in [6, 6.07) is 2.06. The molecule has 1 saturated heterocycles. The number of carbonyl (C=O) groups excluding carboxylic acids is 2. The zero-order chi connectivity index (χ0) is 17.5. The first-order chi connectivity index (χ1) is 11.5. The lowest BCUT2D eigenvalue weighted by atomic mass is 9.94. The Morgan fingerprint density at radius 3 is 3.04 bits per heavy atom. The molecule has 1 aromatic rings. The van der Waals surface area contributed by atoms with E-state index >= 15 is 0 Å². The van der Waals surface area contributed by atoms with E-state index in [9.17, 15) is 18.4 Å². The van der Waals surface area contributed by atoms with E-state index in [2.05, 4.69) is 20.9 Å². The fraction of sp³-hybridized carbons (Fsp3) is 0.533. The predicted octanol–water partition coefficient (Wildman–Crippen LogP) is 1.05. The van der Waals surface area contributed by atoms with E-state index in [1.165, 1.54) is 12.3 Å². The number of amides is 3. The number of aromatic nitrogens is 1. The van der Waals surface area contributed by atoms with Crippen LogP contribution in [-0.4, -0.2) is 42.5 Å². The van der Waals surface area contributed by atoms with Crippen LogP contribution in [0.4, 0.5) is 13.6 Å². The molecule has 0 unspecified atom stereocenters. The van der Waals surface area contributed by atoms with Gasteiger partial charge in [0, 0.05) is 25.4 Å². The molecule has 0 spiro atoms. The minimum absolute atomic E-state index is 0.0553. The van der Waals surface area contributed by atoms with Gasteiger partial charge in [-0.15, -0.1) is 0 Å². The first kappa shape index (κ1) is 17.9. The summed E-state index contributed by atoms with van der Waals surface area (Å²) < 4.78 is 29.0. The zero-order valence-electron chi connectivity index (χ0n) is 13.2. The van der Waals surface area contributed by atoms with Gasteiger partial charge in [0.15, 0.2) is 6.61 Å². The smallest absolute Gasteiger partial charge is 0.315 e. The average molecular weight is 342 g/mol. The molecule has 0 aliphatic carbocycles. The molecule has 1 aliphatic rings. The Morgan fingerprint density at radius 1 is 1.54 bits per heavy atom. The number of ether oxygens (including phenoxy) is 1. The number of urea groups is 1. The largest absolute Gasteiger partial charge is 0.472 e. The summed E-state index contributed by atoms with van der Waals surface area (Å²) in [7, 11) is 0. The van der Waals surface area contributed by atoms with E-state index < -0.39 is 25.1 Å². The van der Waals surface area contributed by atoms with Crippen molar-refractivity contribution in [1.82, 2.24) is 20.9 Å². The van der Waals surface area contributed by atoms with E-state index in [4.69, 9.17) is 4.74 Å². The van der Waals surface area contributed by atoms with Gasteiger partial charge in [-0.2, -0.15) is 0 Å². The SMILES string of the molecule is C[C@H]1CCNC(=O)[C@@H]1NC(=O)NCc1ccnc(OCC(F)F)c1. The standard InChI is InChI=1S/C15H20F2N4O3/c1-9-2-4-19-14(22)13(9)21-15(23)20-7-10-3-5-18-12(6-10)24-8-11(16)17/h3,5-6,9,11,13H,2,4,7-8H2,1H3,(H,19,22)(H2,20,21,23)/t9-,13+/m0/s1. The molecule has 24 heavy (non-hydrogen) atoms. The van der Waals surface area contributed by atoms with Crippen molar-refractivity contribution in [2.24, 2.45) is 5.92 Å². The van der Waals surface area contributed by atoms with Crippen LogP contribution in [0.2, 0.25) is 0 Å². The van der Waals surface area contributed by atoms with Gasteiger partial charge in [0.2, 0.25) is 11.8 Å². The average Bonchev–Trinajstić information content (AvgIpc) is 2.55. The van der Waals surface area contributed by atoms with Crippen LogP contribution in [0, 0.1) is 5.92 Å². The second-order valence-electron chi connectivity index (χ2n) is 5.57. The van der Waals surface area contributed by atoms with Crippen molar-refractivity contribution in [3.63, 3.8) is 0 Å². The van der Waals surface area contributed by atoms with Gasteiger partial charge in [0.05, 0.1) is 0 Å². The van der Waals surface area contributed by atoms with Gasteiger partial charge >= 0.3 is 6.03 Å². The Kier molecular flexibility index (Phi) is 6.28. The first-order valence-corrected chi connectivity index (χ1v) is 7.63. The monoisotopic (exact) mass is 342 g/mol. The predicted molar refractivity (Wildman–Crippen MR) is 81.7 cm³/mol. The van der Waals surface area contributed by atoms with E-state index in [0.717, 1.165) is 6.42 Å². The molecule has 0 radical (unpaired) electrons. The molecule has 2 atom stereocenters. The maximum atomic E-state index is 12.1. The quantitative estimate of drug-likeness (QED) is 0.720. The molecule has 7 nitrogen and oxygen atoms in total. The third-order valence-corrected chi connectivity index (χ3v) is 3.65. The number of alkyl halides is 2. The van der Waals surface area contributed by atoms with Crippen molar-refractivity contribution in [3.05, 3.63) is 23.9 Å². The number of nitrogens with zero attached hydrogens (tertiary/aromatic N) is 1. The van der Waals surface area contributed by atoms with Gasteiger partial charge in [-0.05, 0) is 24.0 Å². The fourth-order valence-electron chi connectivity index (χ4n) is 2.33. The summed E-state index contributed by atoms with van der Waals surface area (Å²) in [5.74, 6) is -0.0782. The van der Waals surface area contributed by atoms with Crippen molar-refractivity contribution < 1.29 is 23.1 Å². The van der Waals surface area contributed by atoms with Gasteiger partial charge in [-0.3, -0.25) is 4.79 Å². The number of carbonyl (C=O) groups is 2. The van der Waals surface area contributed by atoms with Gasteiger partial charge in [0.1, 0.15) is 6.04 Å². The zero-order valence-corrected chi connectivity index (χ0v) is 13.2. The van der Waals surface area contributed by atoms with E-state index in [0.29, 0.717) is 12.1 Å². The van der Waals surface area contributed by atoms with Crippen LogP contribution < -0.4 is 20.7 Å². The fourth-order valence-corrected chi connectivity index (χ4v) is 2.33. The van der Waals surface area contributed by atoms with Crippen molar-refractivity contribution in [2.75, 3.05) is 13.2 Å². The van der Waals surface area contributed by atoms with Crippen LogP contribution in [-0.2, 0) is 11.3 Å². The van der Waals surface area contributed by atoms with Crippen molar-refractivity contribution >= 4 is 11.9 Å². The highest BCUT2D eigenvalue weighted by Crippen LogP contribution is 2.13. The van der Waals surface area contributed by atoms with E-state index in [1.54, 1.807) is 6.07 Å². The lowest BCUT2D eigenvalue weighted by Gasteiger charge is -2.28. The third kappa shape index (κ3) is 5.32. The lowest BCUT2D eigenvalue weighted by Crippen LogP contribution is -2.56. The second kappa shape index (κ2) is 8.42. The maximum absolute atomic E-state index is 12.1. The lowest BCUT2D eigenvalue weighted by molar-refractivity contribution is -0.125. The summed E-state index contributed by atoms with van der Waals surface area (Å²) in [5, 5.41) is 7.96. The molecule has 9 heteroatoms. The summed E-state index contributed by atoms with van der Waals surface area (Å²) in [4.78, 5) is 27.5. The minimum atomic E-state index is -2.58. The van der Waals surface area contributed by atoms with Crippen LogP contribution in [0.3, 0.4) is 0 Å². The van der Waals surface area contributed by atoms with Crippen LogP contribution in [0.25, 0.3) is 0 Å². The maximum Gasteiger partial charge on any atom is 0.315 e. The Hall–Kier alpha value is -2.45. The van der Waals surface area contributed by atoms with Crippen molar-refractivity contribution in [1.29, 1.82) is 0 Å². The van der Waals surface area contributed by atoms with E-state index in [-0.39, 0.29) is 24.2 Å². The van der Waals surface area contributed by atoms with Gasteiger partial charge in [-0.1, -0.05) is 6.92 Å². The van der Waals surface area contributed by atoms with Gasteiger partial charge in [-0.25, -0.2) is 18.6 Å². The number of nitrogens with one attached hydrogen (secondary N) is 3. The topological polar surface area (TPSA) is 92.4 Å². The third-order valence-electron chi connectivity index (χ3n) is 3.65. The molecule has 1 fully saturated rings. The summed E-state index contributed by atoms with van der Waals surface area (Å²) in [5.41, 5.74) is 0.644. The number of halogens is 2. The number of piperidine rings is 1. The highest BCUT2D eigenvalue weighted by Gasteiger charge is 2.29. The molecule has 3 amide bonds. The summed E-state index contributed by atoms with van der Waals surface area (Å²) in [6.45, 7) is 1.93. The highest BCUT2D eigenvalue weighted by atomic mass is 19.3. The molecular formula is C15H20F2N4O3. The molecule has 3 N–H and O–H groups in total. The van der Waals surface area contributed by atoms with Crippen LogP contribution in [0.5, 0.6) is 5.88 Å². The Bertz CT molecular complexity index is 586. The normalized spacial score (nSPS) is 20.4. The number of hydrogen-bond donors (Lipinski definition) is 3. The Labute approximate surface area is 138 Å². The Morgan fingerprint density at radius 2 is 2.33 bits per heavy atom.